The minimum atomic E-state index is -1.48. The van der Waals surface area contributed by atoms with E-state index in [1.54, 1.807) is 18.2 Å². The van der Waals surface area contributed by atoms with Gasteiger partial charge in [-0.25, -0.2) is 10.4 Å². The first-order chi connectivity index (χ1) is 11.4. The number of fused-ring (bicyclic) bond motifs is 2. The second kappa shape index (κ2) is 5.21. The van der Waals surface area contributed by atoms with Crippen LogP contribution in [0.15, 0.2) is 41.4 Å². The van der Waals surface area contributed by atoms with Crippen LogP contribution in [0, 0.1) is 0 Å². The van der Waals surface area contributed by atoms with Gasteiger partial charge in [0, 0.05) is 28.7 Å². The quantitative estimate of drug-likeness (QED) is 0.784. The summed E-state index contributed by atoms with van der Waals surface area (Å²) in [6.45, 7) is 4.91. The number of amidine groups is 1. The van der Waals surface area contributed by atoms with Crippen molar-refractivity contribution in [2.75, 3.05) is 5.01 Å². The van der Waals surface area contributed by atoms with Crippen molar-refractivity contribution in [1.82, 2.24) is 5.43 Å². The second-order valence-electron chi connectivity index (χ2n) is 6.48. The van der Waals surface area contributed by atoms with Crippen molar-refractivity contribution in [3.63, 3.8) is 0 Å². The Hall–Kier alpha value is -2.08. The molecule has 4 rings (SSSR count). The van der Waals surface area contributed by atoms with Crippen LogP contribution in [0.25, 0.3) is 0 Å². The molecule has 5 nitrogen and oxygen atoms in total. The standard InChI is InChI=1S/C18H19ClN4O/c1-10(2)23-16-11(9-21-23)4-3-5-13(16)18(24)14-8-12(19)6-7-15(14)22-17(18)20/h3-8,10,21,24H,9H2,1-2H3,(H2,20,22). The highest BCUT2D eigenvalue weighted by molar-refractivity contribution is 6.30. The van der Waals surface area contributed by atoms with E-state index in [2.05, 4.69) is 35.3 Å². The number of aliphatic hydroxyl groups is 1. The Kier molecular flexibility index (Phi) is 3.35. The van der Waals surface area contributed by atoms with E-state index in [-0.39, 0.29) is 11.9 Å². The largest absolute Gasteiger partial charge is 0.384 e. The normalized spacial score (nSPS) is 21.9. The molecule has 1 atom stereocenters. The third-order valence-corrected chi connectivity index (χ3v) is 4.90. The molecular formula is C18H19ClN4O. The van der Waals surface area contributed by atoms with Crippen LogP contribution in [0.1, 0.15) is 30.5 Å². The van der Waals surface area contributed by atoms with Crippen molar-refractivity contribution >= 4 is 28.8 Å². The Balaban J connectivity index is 1.97. The number of hydrogen-bond donors (Lipinski definition) is 3. The number of para-hydroxylation sites is 1. The number of nitrogens with two attached hydrogens (primary N) is 1. The van der Waals surface area contributed by atoms with Crippen LogP contribution in [0.3, 0.4) is 0 Å². The summed E-state index contributed by atoms with van der Waals surface area (Å²) < 4.78 is 0. The van der Waals surface area contributed by atoms with Crippen molar-refractivity contribution < 1.29 is 5.11 Å². The zero-order valence-electron chi connectivity index (χ0n) is 13.5. The van der Waals surface area contributed by atoms with Crippen LogP contribution in [0.2, 0.25) is 5.02 Å². The molecule has 2 aromatic carbocycles. The molecule has 24 heavy (non-hydrogen) atoms. The molecule has 4 N–H and O–H groups in total. The van der Waals surface area contributed by atoms with Crippen LogP contribution in [0.5, 0.6) is 0 Å². The SMILES string of the molecule is CC(C)N1NCc2cccc(C3(O)C(N)=Nc4ccc(Cl)cc43)c21. The van der Waals surface area contributed by atoms with E-state index in [9.17, 15) is 5.11 Å². The van der Waals surface area contributed by atoms with Crippen molar-refractivity contribution in [2.24, 2.45) is 10.7 Å². The Morgan fingerprint density at radius 2 is 2.08 bits per heavy atom. The van der Waals surface area contributed by atoms with Crippen molar-refractivity contribution in [1.29, 1.82) is 0 Å². The molecular weight excluding hydrogens is 324 g/mol. The van der Waals surface area contributed by atoms with Gasteiger partial charge in [-0.2, -0.15) is 0 Å². The predicted octanol–water partition coefficient (Wildman–Crippen LogP) is 2.81. The highest BCUT2D eigenvalue weighted by Gasteiger charge is 2.45. The van der Waals surface area contributed by atoms with Gasteiger partial charge in [0.15, 0.2) is 5.60 Å². The molecule has 1 unspecified atom stereocenters. The lowest BCUT2D eigenvalue weighted by Crippen LogP contribution is -2.43. The van der Waals surface area contributed by atoms with E-state index in [0.29, 0.717) is 16.3 Å². The molecule has 6 heteroatoms. The summed E-state index contributed by atoms with van der Waals surface area (Å²) in [4.78, 5) is 4.36. The fraction of sp³-hybridized carbons (Fsp3) is 0.278. The minimum Gasteiger partial charge on any atom is -0.384 e. The summed E-state index contributed by atoms with van der Waals surface area (Å²) in [5.41, 5.74) is 12.1. The monoisotopic (exact) mass is 342 g/mol. The lowest BCUT2D eigenvalue weighted by atomic mass is 9.84. The lowest BCUT2D eigenvalue weighted by Gasteiger charge is -2.32. The number of hydrazine groups is 1. The van der Waals surface area contributed by atoms with E-state index in [4.69, 9.17) is 17.3 Å². The maximum absolute atomic E-state index is 11.6. The topological polar surface area (TPSA) is 73.9 Å². The van der Waals surface area contributed by atoms with Crippen molar-refractivity contribution in [2.45, 2.75) is 32.0 Å². The maximum atomic E-state index is 11.6. The number of nitrogens with one attached hydrogen (secondary N) is 1. The predicted molar refractivity (Wildman–Crippen MR) is 96.6 cm³/mol. The van der Waals surface area contributed by atoms with Gasteiger partial charge in [-0.1, -0.05) is 29.8 Å². The van der Waals surface area contributed by atoms with Crippen molar-refractivity contribution in [3.8, 4) is 0 Å². The summed E-state index contributed by atoms with van der Waals surface area (Å²) in [6.07, 6.45) is 0. The van der Waals surface area contributed by atoms with Crippen LogP contribution in [-0.2, 0) is 12.1 Å². The molecule has 0 saturated heterocycles. The van der Waals surface area contributed by atoms with Gasteiger partial charge in [-0.3, -0.25) is 0 Å². The number of anilines is 1. The number of nitrogens with zero attached hydrogens (tertiary/aromatic N) is 2. The lowest BCUT2D eigenvalue weighted by molar-refractivity contribution is 0.159. The molecule has 0 amide bonds. The van der Waals surface area contributed by atoms with Gasteiger partial charge in [0.1, 0.15) is 5.84 Å². The molecule has 124 valence electrons. The van der Waals surface area contributed by atoms with E-state index >= 15 is 0 Å². The van der Waals surface area contributed by atoms with Gasteiger partial charge < -0.3 is 15.8 Å². The van der Waals surface area contributed by atoms with Crippen molar-refractivity contribution in [3.05, 3.63) is 58.1 Å². The van der Waals surface area contributed by atoms with Gasteiger partial charge in [-0.05, 0) is 37.6 Å². The van der Waals surface area contributed by atoms with E-state index < -0.39 is 5.60 Å². The van der Waals surface area contributed by atoms with E-state index in [1.807, 2.05) is 12.1 Å². The molecule has 0 saturated carbocycles. The minimum absolute atomic E-state index is 0.170. The molecule has 0 spiro atoms. The van der Waals surface area contributed by atoms with Gasteiger partial charge in [0.2, 0.25) is 0 Å². The Bertz CT molecular complexity index is 864. The molecule has 0 fully saturated rings. The van der Waals surface area contributed by atoms with E-state index in [0.717, 1.165) is 23.4 Å². The van der Waals surface area contributed by atoms with Crippen LogP contribution in [0.4, 0.5) is 11.4 Å². The summed E-state index contributed by atoms with van der Waals surface area (Å²) in [6, 6.07) is 11.4. The Labute approximate surface area is 145 Å². The number of halogens is 1. The molecule has 0 bridgehead atoms. The molecule has 2 aromatic rings. The fourth-order valence-electron chi connectivity index (χ4n) is 3.53. The summed E-state index contributed by atoms with van der Waals surface area (Å²) in [5, 5.41) is 14.2. The summed E-state index contributed by atoms with van der Waals surface area (Å²) in [5.74, 6) is 0.170. The summed E-state index contributed by atoms with van der Waals surface area (Å²) >= 11 is 6.16. The average Bonchev–Trinajstić information content (AvgIpc) is 3.09. The summed E-state index contributed by atoms with van der Waals surface area (Å²) in [7, 11) is 0. The smallest absolute Gasteiger partial charge is 0.176 e. The first kappa shape index (κ1) is 15.4. The molecule has 0 radical (unpaired) electrons. The van der Waals surface area contributed by atoms with Gasteiger partial charge in [0.25, 0.3) is 0 Å². The van der Waals surface area contributed by atoms with Crippen LogP contribution >= 0.6 is 11.6 Å². The van der Waals surface area contributed by atoms with Crippen LogP contribution < -0.4 is 16.2 Å². The third-order valence-electron chi connectivity index (χ3n) is 4.67. The number of benzene rings is 2. The van der Waals surface area contributed by atoms with E-state index in [1.165, 1.54) is 0 Å². The highest BCUT2D eigenvalue weighted by Crippen LogP contribution is 2.47. The Morgan fingerprint density at radius 1 is 1.29 bits per heavy atom. The third kappa shape index (κ3) is 1.99. The molecule has 0 aromatic heterocycles. The van der Waals surface area contributed by atoms with Crippen LogP contribution in [-0.4, -0.2) is 17.0 Å². The van der Waals surface area contributed by atoms with Gasteiger partial charge >= 0.3 is 0 Å². The second-order valence-corrected chi connectivity index (χ2v) is 6.92. The van der Waals surface area contributed by atoms with Gasteiger partial charge in [-0.15, -0.1) is 0 Å². The highest BCUT2D eigenvalue weighted by atomic mass is 35.5. The molecule has 0 aliphatic carbocycles. The first-order valence-corrected chi connectivity index (χ1v) is 8.33. The fourth-order valence-corrected chi connectivity index (χ4v) is 3.70. The number of rotatable bonds is 2. The molecule has 2 aliphatic heterocycles. The molecule has 2 heterocycles. The Morgan fingerprint density at radius 3 is 2.83 bits per heavy atom. The number of hydrogen-bond acceptors (Lipinski definition) is 5. The average molecular weight is 343 g/mol. The van der Waals surface area contributed by atoms with Gasteiger partial charge in [0.05, 0.1) is 11.4 Å². The number of aliphatic imine (C=N–C) groups is 1. The first-order valence-electron chi connectivity index (χ1n) is 7.95. The zero-order valence-corrected chi connectivity index (χ0v) is 14.3. The molecule has 2 aliphatic rings. The zero-order chi connectivity index (χ0) is 17.1. The maximum Gasteiger partial charge on any atom is 0.176 e.